The Morgan fingerprint density at radius 1 is 1.37 bits per heavy atom. The van der Waals surface area contributed by atoms with Crippen molar-refractivity contribution in [3.05, 3.63) is 49.6 Å². The van der Waals surface area contributed by atoms with Crippen molar-refractivity contribution in [2.75, 3.05) is 0 Å². The molecule has 0 spiro atoms. The number of aromatic carboxylic acids is 1. The van der Waals surface area contributed by atoms with E-state index in [4.69, 9.17) is 9.84 Å². The van der Waals surface area contributed by atoms with Crippen LogP contribution in [0.1, 0.15) is 25.7 Å². The van der Waals surface area contributed by atoms with E-state index in [1.54, 1.807) is 6.07 Å². The van der Waals surface area contributed by atoms with Crippen LogP contribution in [0.5, 0.6) is 5.75 Å². The predicted molar refractivity (Wildman–Crippen MR) is 79.2 cm³/mol. The number of carboxylic acids is 1. The minimum atomic E-state index is -0.890. The molecule has 0 aliphatic carbocycles. The quantitative estimate of drug-likeness (QED) is 0.896. The van der Waals surface area contributed by atoms with Gasteiger partial charge in [0.05, 0.1) is 0 Å². The largest absolute Gasteiger partial charge is 0.489 e. The summed E-state index contributed by atoms with van der Waals surface area (Å²) in [5.41, 5.74) is 2.02. The molecular weight excluding hydrogens is 328 g/mol. The molecule has 3 nitrogen and oxygen atoms in total. The fraction of sp³-hybridized carbons (Fsp3) is 0.214. The van der Waals surface area contributed by atoms with E-state index in [9.17, 15) is 4.79 Å². The van der Waals surface area contributed by atoms with E-state index in [0.717, 1.165) is 26.2 Å². The van der Waals surface area contributed by atoms with E-state index in [1.807, 2.05) is 32.0 Å². The maximum Gasteiger partial charge on any atom is 0.345 e. The normalized spacial score (nSPS) is 10.5. The summed E-state index contributed by atoms with van der Waals surface area (Å²) in [7, 11) is 0. The number of thiophene rings is 1. The van der Waals surface area contributed by atoms with Crippen molar-refractivity contribution >= 4 is 33.2 Å². The maximum atomic E-state index is 10.9. The maximum absolute atomic E-state index is 10.9. The molecule has 1 aromatic carbocycles. The number of carboxylic acid groups (broad SMARTS) is 1. The second-order valence-electron chi connectivity index (χ2n) is 4.20. The van der Waals surface area contributed by atoms with Gasteiger partial charge in [0, 0.05) is 14.9 Å². The topological polar surface area (TPSA) is 46.5 Å². The van der Waals surface area contributed by atoms with Gasteiger partial charge in [-0.1, -0.05) is 15.9 Å². The second kappa shape index (κ2) is 5.75. The number of rotatable bonds is 4. The van der Waals surface area contributed by atoms with Gasteiger partial charge in [0.25, 0.3) is 0 Å². The lowest BCUT2D eigenvalue weighted by atomic mass is 10.2. The minimum Gasteiger partial charge on any atom is -0.489 e. The standard InChI is InChI=1S/C14H13BrO3S/c1-8-5-11(3-4-12(8)15)18-7-10-6-13(14(16)17)19-9(10)2/h3-6H,7H2,1-2H3,(H,16,17). The number of aryl methyl sites for hydroxylation is 2. The molecule has 2 aromatic rings. The van der Waals surface area contributed by atoms with Gasteiger partial charge in [0.1, 0.15) is 17.2 Å². The van der Waals surface area contributed by atoms with E-state index in [2.05, 4.69) is 15.9 Å². The van der Waals surface area contributed by atoms with Crippen LogP contribution in [0.15, 0.2) is 28.7 Å². The summed E-state index contributed by atoms with van der Waals surface area (Å²) in [5, 5.41) is 8.94. The van der Waals surface area contributed by atoms with Crippen molar-refractivity contribution in [1.82, 2.24) is 0 Å². The van der Waals surface area contributed by atoms with Crippen LogP contribution in [-0.2, 0) is 6.61 Å². The third-order valence-corrected chi connectivity index (χ3v) is 4.73. The lowest BCUT2D eigenvalue weighted by Gasteiger charge is -2.07. The van der Waals surface area contributed by atoms with E-state index >= 15 is 0 Å². The van der Waals surface area contributed by atoms with Crippen LogP contribution in [-0.4, -0.2) is 11.1 Å². The Bertz CT molecular complexity index is 619. The zero-order valence-corrected chi connectivity index (χ0v) is 13.0. The first kappa shape index (κ1) is 14.1. The number of hydrogen-bond acceptors (Lipinski definition) is 3. The van der Waals surface area contributed by atoms with Crippen LogP contribution >= 0.6 is 27.3 Å². The molecular formula is C14H13BrO3S. The van der Waals surface area contributed by atoms with Crippen LogP contribution in [0, 0.1) is 13.8 Å². The highest BCUT2D eigenvalue weighted by atomic mass is 79.9. The average Bonchev–Trinajstić information content (AvgIpc) is 2.73. The van der Waals surface area contributed by atoms with Gasteiger partial charge in [-0.05, 0) is 43.7 Å². The molecule has 0 aliphatic rings. The van der Waals surface area contributed by atoms with Crippen molar-refractivity contribution < 1.29 is 14.6 Å². The molecule has 1 aromatic heterocycles. The summed E-state index contributed by atoms with van der Waals surface area (Å²) >= 11 is 4.71. The molecule has 0 atom stereocenters. The fourth-order valence-electron chi connectivity index (χ4n) is 1.64. The molecule has 0 unspecified atom stereocenters. The number of hydrogen-bond donors (Lipinski definition) is 1. The lowest BCUT2D eigenvalue weighted by Crippen LogP contribution is -1.96. The highest BCUT2D eigenvalue weighted by Crippen LogP contribution is 2.25. The van der Waals surface area contributed by atoms with Crippen molar-refractivity contribution in [1.29, 1.82) is 0 Å². The van der Waals surface area contributed by atoms with Gasteiger partial charge in [-0.2, -0.15) is 0 Å². The van der Waals surface area contributed by atoms with Crippen LogP contribution in [0.3, 0.4) is 0 Å². The first-order valence-electron chi connectivity index (χ1n) is 5.69. The molecule has 100 valence electrons. The molecule has 0 radical (unpaired) electrons. The van der Waals surface area contributed by atoms with Crippen LogP contribution in [0.25, 0.3) is 0 Å². The number of ether oxygens (including phenoxy) is 1. The van der Waals surface area contributed by atoms with Crippen molar-refractivity contribution in [3.8, 4) is 5.75 Å². The third kappa shape index (κ3) is 3.36. The fourth-order valence-corrected chi connectivity index (χ4v) is 2.75. The molecule has 0 fully saturated rings. The van der Waals surface area contributed by atoms with E-state index in [1.165, 1.54) is 11.3 Å². The molecule has 0 saturated heterocycles. The van der Waals surface area contributed by atoms with Crippen molar-refractivity contribution in [2.24, 2.45) is 0 Å². The van der Waals surface area contributed by atoms with Gasteiger partial charge in [-0.3, -0.25) is 0 Å². The van der Waals surface area contributed by atoms with E-state index < -0.39 is 5.97 Å². The Balaban J connectivity index is 2.09. The summed E-state index contributed by atoms with van der Waals surface area (Å²) in [4.78, 5) is 12.2. The minimum absolute atomic E-state index is 0.350. The monoisotopic (exact) mass is 340 g/mol. The predicted octanol–water partition coefficient (Wildman–Crippen LogP) is 4.40. The lowest BCUT2D eigenvalue weighted by molar-refractivity contribution is 0.0702. The molecule has 1 heterocycles. The Morgan fingerprint density at radius 2 is 2.11 bits per heavy atom. The second-order valence-corrected chi connectivity index (χ2v) is 6.31. The molecule has 1 N–H and O–H groups in total. The van der Waals surface area contributed by atoms with Crippen molar-refractivity contribution in [3.63, 3.8) is 0 Å². The van der Waals surface area contributed by atoms with Crippen molar-refractivity contribution in [2.45, 2.75) is 20.5 Å². The smallest absolute Gasteiger partial charge is 0.345 e. The number of benzene rings is 1. The molecule has 5 heteroatoms. The van der Waals surface area contributed by atoms with Gasteiger partial charge >= 0.3 is 5.97 Å². The first-order valence-corrected chi connectivity index (χ1v) is 7.30. The van der Waals surface area contributed by atoms with Crippen LogP contribution < -0.4 is 4.74 Å². The van der Waals surface area contributed by atoms with Gasteiger partial charge in [0.2, 0.25) is 0 Å². The molecule has 0 aliphatic heterocycles. The SMILES string of the molecule is Cc1cc(OCc2cc(C(=O)O)sc2C)ccc1Br. The Kier molecular flexibility index (Phi) is 4.27. The van der Waals surface area contributed by atoms with E-state index in [0.29, 0.717) is 11.5 Å². The van der Waals surface area contributed by atoms with Gasteiger partial charge in [-0.15, -0.1) is 11.3 Å². The highest BCUT2D eigenvalue weighted by Gasteiger charge is 2.11. The van der Waals surface area contributed by atoms with Gasteiger partial charge in [-0.25, -0.2) is 4.79 Å². The van der Waals surface area contributed by atoms with Gasteiger partial charge in [0.15, 0.2) is 0 Å². The summed E-state index contributed by atoms with van der Waals surface area (Å²) in [6, 6.07) is 7.45. The number of carbonyl (C=O) groups is 1. The van der Waals surface area contributed by atoms with E-state index in [-0.39, 0.29) is 0 Å². The van der Waals surface area contributed by atoms with Crippen LogP contribution in [0.2, 0.25) is 0 Å². The van der Waals surface area contributed by atoms with Crippen LogP contribution in [0.4, 0.5) is 0 Å². The molecule has 2 rings (SSSR count). The Hall–Kier alpha value is -1.33. The molecule has 0 saturated carbocycles. The summed E-state index contributed by atoms with van der Waals surface area (Å²) in [6.45, 7) is 4.29. The summed E-state index contributed by atoms with van der Waals surface area (Å²) in [6.07, 6.45) is 0. The highest BCUT2D eigenvalue weighted by molar-refractivity contribution is 9.10. The Labute approximate surface area is 124 Å². The zero-order valence-electron chi connectivity index (χ0n) is 10.6. The summed E-state index contributed by atoms with van der Waals surface area (Å²) in [5.74, 6) is -0.109. The zero-order chi connectivity index (χ0) is 14.0. The number of halogens is 1. The third-order valence-electron chi connectivity index (χ3n) is 2.76. The molecule has 0 amide bonds. The molecule has 19 heavy (non-hydrogen) atoms. The summed E-state index contributed by atoms with van der Waals surface area (Å²) < 4.78 is 6.74. The Morgan fingerprint density at radius 3 is 2.68 bits per heavy atom. The molecule has 0 bridgehead atoms. The first-order chi connectivity index (χ1) is 8.97. The average molecular weight is 341 g/mol. The van der Waals surface area contributed by atoms with Gasteiger partial charge < -0.3 is 9.84 Å².